The molecule has 2 heterocycles. The maximum absolute atomic E-state index is 14.1. The quantitative estimate of drug-likeness (QED) is 0.206. The average Bonchev–Trinajstić information content (AvgIpc) is 3.33. The molecule has 0 amide bonds. The summed E-state index contributed by atoms with van der Waals surface area (Å²) in [7, 11) is 3.05. The molecule has 0 saturated carbocycles. The molecule has 0 radical (unpaired) electrons. The Morgan fingerprint density at radius 1 is 1.13 bits per heavy atom. The van der Waals surface area contributed by atoms with Crippen LogP contribution in [0.25, 0.3) is 6.08 Å². The van der Waals surface area contributed by atoms with Gasteiger partial charge >= 0.3 is 5.97 Å². The van der Waals surface area contributed by atoms with Crippen LogP contribution in [0.3, 0.4) is 0 Å². The highest BCUT2D eigenvalue weighted by atomic mass is 79.9. The van der Waals surface area contributed by atoms with E-state index in [1.807, 2.05) is 18.2 Å². The molecule has 230 valence electrons. The number of carbonyl (C=O) groups is 1. The van der Waals surface area contributed by atoms with Gasteiger partial charge in [-0.25, -0.2) is 9.79 Å². The number of thiazole rings is 1. The van der Waals surface area contributed by atoms with Crippen LogP contribution in [0.4, 0.5) is 0 Å². The summed E-state index contributed by atoms with van der Waals surface area (Å²) in [4.78, 5) is 32.4. The minimum atomic E-state index is -0.879. The SMILES string of the molecule is CCOC(=O)C1=C(C)N=c2s/c(=C\c3cc(Br)c(OCc4ccc(C#N)cc4)c(OC)c3)c(=O)n2[C@H]1c1cc(Cl)ccc1OC. The zero-order valence-electron chi connectivity index (χ0n) is 24.7. The van der Waals surface area contributed by atoms with Crippen LogP contribution in [0.15, 0.2) is 80.1 Å². The van der Waals surface area contributed by atoms with Crippen molar-refractivity contribution in [1.29, 1.82) is 5.26 Å². The summed E-state index contributed by atoms with van der Waals surface area (Å²) in [5.41, 5.74) is 2.97. The van der Waals surface area contributed by atoms with Gasteiger partial charge in [0.25, 0.3) is 5.56 Å². The number of halogens is 2. The van der Waals surface area contributed by atoms with Crippen molar-refractivity contribution in [2.45, 2.75) is 26.5 Å². The predicted molar refractivity (Wildman–Crippen MR) is 175 cm³/mol. The molecule has 45 heavy (non-hydrogen) atoms. The van der Waals surface area contributed by atoms with Gasteiger partial charge in [-0.3, -0.25) is 9.36 Å². The molecule has 1 aromatic heterocycles. The summed E-state index contributed by atoms with van der Waals surface area (Å²) in [6.45, 7) is 3.84. The molecular formula is C33H27BrClN3O6S. The Morgan fingerprint density at radius 2 is 1.87 bits per heavy atom. The molecule has 0 N–H and O–H groups in total. The maximum atomic E-state index is 14.1. The topological polar surface area (TPSA) is 112 Å². The first kappa shape index (κ1) is 32.0. The molecule has 0 aliphatic carbocycles. The highest BCUT2D eigenvalue weighted by Crippen LogP contribution is 2.39. The third kappa shape index (κ3) is 6.54. The van der Waals surface area contributed by atoms with Gasteiger partial charge in [-0.2, -0.15) is 5.26 Å². The second-order valence-corrected chi connectivity index (χ2v) is 12.1. The monoisotopic (exact) mass is 707 g/mol. The minimum absolute atomic E-state index is 0.156. The van der Waals surface area contributed by atoms with Crippen molar-refractivity contribution in [1.82, 2.24) is 4.57 Å². The molecule has 1 aliphatic rings. The van der Waals surface area contributed by atoms with E-state index in [1.165, 1.54) is 30.1 Å². The largest absolute Gasteiger partial charge is 0.496 e. The van der Waals surface area contributed by atoms with Gasteiger partial charge in [0, 0.05) is 10.6 Å². The second kappa shape index (κ2) is 13.7. The molecule has 9 nitrogen and oxygen atoms in total. The molecule has 3 aromatic carbocycles. The van der Waals surface area contributed by atoms with E-state index in [4.69, 9.17) is 35.8 Å². The Balaban J connectivity index is 1.59. The third-order valence-corrected chi connectivity index (χ3v) is 8.83. The Labute approximate surface area is 276 Å². The number of fused-ring (bicyclic) bond motifs is 1. The molecule has 0 fully saturated rings. The number of carbonyl (C=O) groups excluding carboxylic acids is 1. The Morgan fingerprint density at radius 3 is 2.53 bits per heavy atom. The van der Waals surface area contributed by atoms with E-state index in [-0.39, 0.29) is 24.3 Å². The molecule has 0 unspecified atom stereocenters. The van der Waals surface area contributed by atoms with E-state index in [0.29, 0.717) is 58.5 Å². The van der Waals surface area contributed by atoms with Crippen LogP contribution in [0, 0.1) is 11.3 Å². The summed E-state index contributed by atoms with van der Waals surface area (Å²) in [5, 5.41) is 9.46. The van der Waals surface area contributed by atoms with E-state index in [0.717, 1.165) is 5.56 Å². The highest BCUT2D eigenvalue weighted by Gasteiger charge is 2.35. The fourth-order valence-electron chi connectivity index (χ4n) is 4.95. The minimum Gasteiger partial charge on any atom is -0.496 e. The fourth-order valence-corrected chi connectivity index (χ4v) is 6.75. The lowest BCUT2D eigenvalue weighted by atomic mass is 9.95. The van der Waals surface area contributed by atoms with Crippen molar-refractivity contribution in [3.05, 3.63) is 117 Å². The van der Waals surface area contributed by atoms with Crippen LogP contribution in [-0.2, 0) is 16.1 Å². The molecule has 1 aliphatic heterocycles. The standard InChI is InChI=1S/C33H27BrClN3O6S/c1-5-43-32(40)28-18(2)37-33-38(29(28)23-15-22(35)10-11-25(23)41-3)31(39)27(45-33)14-21-12-24(34)30(26(13-21)42-4)44-17-20-8-6-19(16-36)7-9-20/h6-15,29H,5,17H2,1-4H3/b27-14-/t29-/m0/s1. The number of nitriles is 1. The Hall–Kier alpha value is -4.37. The molecule has 1 atom stereocenters. The van der Waals surface area contributed by atoms with Crippen molar-refractivity contribution in [2.24, 2.45) is 4.99 Å². The number of aromatic nitrogens is 1. The summed E-state index contributed by atoms with van der Waals surface area (Å²) in [6.07, 6.45) is 1.73. The number of ether oxygens (including phenoxy) is 4. The number of allylic oxidation sites excluding steroid dienone is 1. The van der Waals surface area contributed by atoms with Gasteiger partial charge in [0.1, 0.15) is 18.4 Å². The average molecular weight is 709 g/mol. The van der Waals surface area contributed by atoms with E-state index < -0.39 is 12.0 Å². The van der Waals surface area contributed by atoms with Gasteiger partial charge in [0.2, 0.25) is 0 Å². The zero-order chi connectivity index (χ0) is 32.2. The van der Waals surface area contributed by atoms with Gasteiger partial charge in [-0.05, 0) is 89.4 Å². The Bertz CT molecular complexity index is 2050. The molecule has 0 saturated heterocycles. The number of benzene rings is 3. The van der Waals surface area contributed by atoms with Gasteiger partial charge in [0.15, 0.2) is 16.3 Å². The van der Waals surface area contributed by atoms with Crippen LogP contribution >= 0.6 is 38.9 Å². The number of esters is 1. The van der Waals surface area contributed by atoms with E-state index in [9.17, 15) is 9.59 Å². The summed E-state index contributed by atoms with van der Waals surface area (Å²) in [6, 6.07) is 17.0. The van der Waals surface area contributed by atoms with Crippen LogP contribution in [0.2, 0.25) is 5.02 Å². The first-order valence-electron chi connectivity index (χ1n) is 13.7. The maximum Gasteiger partial charge on any atom is 0.338 e. The van der Waals surface area contributed by atoms with Crippen LogP contribution in [-0.4, -0.2) is 31.4 Å². The van der Waals surface area contributed by atoms with Crippen molar-refractivity contribution in [3.63, 3.8) is 0 Å². The van der Waals surface area contributed by atoms with Crippen molar-refractivity contribution >= 4 is 50.9 Å². The zero-order valence-corrected chi connectivity index (χ0v) is 27.9. The molecule has 0 bridgehead atoms. The van der Waals surface area contributed by atoms with Gasteiger partial charge < -0.3 is 18.9 Å². The highest BCUT2D eigenvalue weighted by molar-refractivity contribution is 9.10. The lowest BCUT2D eigenvalue weighted by Gasteiger charge is -2.26. The smallest absolute Gasteiger partial charge is 0.338 e. The first-order valence-corrected chi connectivity index (χ1v) is 15.7. The van der Waals surface area contributed by atoms with Crippen LogP contribution in [0.1, 0.15) is 42.1 Å². The molecule has 4 aromatic rings. The molecule has 12 heteroatoms. The number of hydrogen-bond donors (Lipinski definition) is 0. The second-order valence-electron chi connectivity index (χ2n) is 9.82. The van der Waals surface area contributed by atoms with Gasteiger partial charge in [0.05, 0.1) is 52.7 Å². The van der Waals surface area contributed by atoms with Crippen LogP contribution in [0.5, 0.6) is 17.2 Å². The predicted octanol–water partition coefficient (Wildman–Crippen LogP) is 5.68. The summed E-state index contributed by atoms with van der Waals surface area (Å²) < 4.78 is 25.2. The lowest BCUT2D eigenvalue weighted by molar-refractivity contribution is -0.139. The molecule has 0 spiro atoms. The molecule has 5 rings (SSSR count). The van der Waals surface area contributed by atoms with Gasteiger partial charge in [-0.15, -0.1) is 0 Å². The number of hydrogen-bond acceptors (Lipinski definition) is 9. The number of nitrogens with zero attached hydrogens (tertiary/aromatic N) is 3. The van der Waals surface area contributed by atoms with Crippen LogP contribution < -0.4 is 29.1 Å². The molecular weight excluding hydrogens is 682 g/mol. The normalized spacial score (nSPS) is 14.3. The Kier molecular flexibility index (Phi) is 9.77. The van der Waals surface area contributed by atoms with E-state index in [2.05, 4.69) is 27.0 Å². The van der Waals surface area contributed by atoms with Crippen molar-refractivity contribution in [3.8, 4) is 23.3 Å². The summed E-state index contributed by atoms with van der Waals surface area (Å²) >= 11 is 11.2. The van der Waals surface area contributed by atoms with Gasteiger partial charge in [-0.1, -0.05) is 35.1 Å². The van der Waals surface area contributed by atoms with E-state index in [1.54, 1.807) is 56.3 Å². The fraction of sp³-hybridized carbons (Fsp3) is 0.212. The lowest BCUT2D eigenvalue weighted by Crippen LogP contribution is -2.40. The summed E-state index contributed by atoms with van der Waals surface area (Å²) in [5.74, 6) is 0.827. The van der Waals surface area contributed by atoms with Crippen molar-refractivity contribution < 1.29 is 23.7 Å². The van der Waals surface area contributed by atoms with Crippen molar-refractivity contribution in [2.75, 3.05) is 20.8 Å². The third-order valence-electron chi connectivity index (χ3n) is 7.02. The van der Waals surface area contributed by atoms with E-state index >= 15 is 0 Å². The number of methoxy groups -OCH3 is 2. The number of rotatable bonds is 9. The first-order chi connectivity index (χ1) is 21.7.